The number of amides is 1. The molecular weight excluding hydrogens is 574 g/mol. The molecule has 1 N–H and O–H groups in total. The first-order valence-corrected chi connectivity index (χ1v) is 16.9. The quantitative estimate of drug-likeness (QED) is 0.324. The number of carbonyl (C=O) groups excluding carboxylic acids is 1. The Kier molecular flexibility index (Phi) is 7.67. The Labute approximate surface area is 258 Å². The van der Waals surface area contributed by atoms with E-state index < -0.39 is 22.0 Å². The number of nitrogens with one attached hydrogen (secondary N) is 1. The van der Waals surface area contributed by atoms with Crippen LogP contribution in [0.3, 0.4) is 0 Å². The van der Waals surface area contributed by atoms with Crippen LogP contribution in [0.25, 0.3) is 0 Å². The Morgan fingerprint density at radius 1 is 1.00 bits per heavy atom. The third-order valence-electron chi connectivity index (χ3n) is 9.04. The molecule has 0 spiro atoms. The topological polar surface area (TPSA) is 113 Å². The fourth-order valence-electron chi connectivity index (χ4n) is 6.77. The summed E-state index contributed by atoms with van der Waals surface area (Å²) in [5.74, 6) is -0.244. The van der Waals surface area contributed by atoms with Gasteiger partial charge < -0.3 is 5.32 Å². The van der Waals surface area contributed by atoms with E-state index in [0.717, 1.165) is 35.7 Å². The number of fused-ring (bicyclic) bond motifs is 2. The number of nitrogens with zero attached hydrogens (tertiary/aromatic N) is 6. The van der Waals surface area contributed by atoms with E-state index in [4.69, 9.17) is 0 Å². The van der Waals surface area contributed by atoms with Crippen molar-refractivity contribution >= 4 is 27.4 Å². The lowest BCUT2D eigenvalue weighted by molar-refractivity contribution is -0.117. The summed E-state index contributed by atoms with van der Waals surface area (Å²) in [4.78, 5) is 20.5. The number of aromatic nitrogens is 4. The molecule has 44 heavy (non-hydrogen) atoms. The summed E-state index contributed by atoms with van der Waals surface area (Å²) in [6, 6.07) is 15.7. The number of hydrogen-bond acceptors (Lipinski definition) is 7. The minimum Gasteiger partial charge on any atom is -0.321 e. The summed E-state index contributed by atoms with van der Waals surface area (Å²) >= 11 is 0. The van der Waals surface area contributed by atoms with Gasteiger partial charge in [-0.3, -0.25) is 9.69 Å². The molecule has 4 heterocycles. The van der Waals surface area contributed by atoms with Crippen molar-refractivity contribution in [2.45, 2.75) is 75.4 Å². The summed E-state index contributed by atoms with van der Waals surface area (Å²) < 4.78 is 31.0. The molecular formula is C33H37N7O3S. The molecule has 0 radical (unpaired) electrons. The van der Waals surface area contributed by atoms with Gasteiger partial charge in [0.2, 0.25) is 5.91 Å². The van der Waals surface area contributed by atoms with Crippen LogP contribution in [-0.2, 0) is 34.2 Å². The molecule has 1 fully saturated rings. The monoisotopic (exact) mass is 611 g/mol. The number of sulfonamides is 1. The molecule has 1 saturated heterocycles. The van der Waals surface area contributed by atoms with Gasteiger partial charge in [-0.1, -0.05) is 47.5 Å². The fourth-order valence-corrected chi connectivity index (χ4v) is 8.35. The predicted octanol–water partition coefficient (Wildman–Crippen LogP) is 4.65. The van der Waals surface area contributed by atoms with Crippen molar-refractivity contribution in [2.75, 3.05) is 22.7 Å². The fraction of sp³-hybridized carbons (Fsp3) is 0.394. The second-order valence-corrected chi connectivity index (χ2v) is 14.0. The largest absolute Gasteiger partial charge is 0.321 e. The van der Waals surface area contributed by atoms with Crippen LogP contribution in [0.1, 0.15) is 66.1 Å². The van der Waals surface area contributed by atoms with Crippen LogP contribution in [-0.4, -0.2) is 58.3 Å². The molecule has 4 aromatic rings. The predicted molar refractivity (Wildman–Crippen MR) is 168 cm³/mol. The van der Waals surface area contributed by atoms with Gasteiger partial charge in [0, 0.05) is 25.4 Å². The number of anilines is 2. The normalized spacial score (nSPS) is 20.6. The van der Waals surface area contributed by atoms with Crippen LogP contribution in [0.5, 0.6) is 0 Å². The Morgan fingerprint density at radius 2 is 1.82 bits per heavy atom. The van der Waals surface area contributed by atoms with Crippen molar-refractivity contribution in [3.8, 4) is 0 Å². The van der Waals surface area contributed by atoms with Crippen molar-refractivity contribution in [1.29, 1.82) is 0 Å². The first-order chi connectivity index (χ1) is 21.4. The van der Waals surface area contributed by atoms with E-state index in [9.17, 15) is 13.2 Å². The van der Waals surface area contributed by atoms with Crippen LogP contribution in [0, 0.1) is 6.92 Å². The first kappa shape index (κ1) is 28.7. The number of carbonyl (C=O) groups is 1. The maximum Gasteiger partial charge on any atom is 0.266 e. The maximum absolute atomic E-state index is 14.0. The minimum absolute atomic E-state index is 0.0407. The molecule has 2 atom stereocenters. The molecule has 1 aliphatic carbocycles. The Balaban J connectivity index is 1.16. The molecule has 3 aliphatic rings. The van der Waals surface area contributed by atoms with Gasteiger partial charge in [-0.05, 0) is 93.1 Å². The van der Waals surface area contributed by atoms with Crippen LogP contribution in [0.2, 0.25) is 0 Å². The molecule has 7 rings (SSSR count). The zero-order valence-corrected chi connectivity index (χ0v) is 25.7. The number of aryl methyl sites for hydroxylation is 2. The lowest BCUT2D eigenvalue weighted by Crippen LogP contribution is -2.52. The summed E-state index contributed by atoms with van der Waals surface area (Å²) in [7, 11) is -4.11. The molecule has 2 aromatic heterocycles. The van der Waals surface area contributed by atoms with E-state index in [1.807, 2.05) is 17.8 Å². The highest BCUT2D eigenvalue weighted by molar-refractivity contribution is 7.93. The summed E-state index contributed by atoms with van der Waals surface area (Å²) in [6.07, 6.45) is 10.4. The molecule has 228 valence electrons. The first-order valence-electron chi connectivity index (χ1n) is 15.5. The number of rotatable bonds is 7. The molecule has 2 aromatic carbocycles. The van der Waals surface area contributed by atoms with Crippen LogP contribution >= 0.6 is 0 Å². The van der Waals surface area contributed by atoms with Crippen LogP contribution < -0.4 is 9.62 Å². The molecule has 2 aliphatic heterocycles. The van der Waals surface area contributed by atoms with Gasteiger partial charge in [-0.2, -0.15) is 0 Å². The van der Waals surface area contributed by atoms with Crippen molar-refractivity contribution < 1.29 is 13.2 Å². The minimum atomic E-state index is -4.11. The number of benzene rings is 2. The molecule has 0 bridgehead atoms. The zero-order valence-electron chi connectivity index (χ0n) is 24.9. The second kappa shape index (κ2) is 11.8. The zero-order chi connectivity index (χ0) is 30.3. The van der Waals surface area contributed by atoms with E-state index in [1.54, 1.807) is 36.4 Å². The highest BCUT2D eigenvalue weighted by atomic mass is 32.2. The third-order valence-corrected chi connectivity index (χ3v) is 10.9. The molecule has 11 heteroatoms. The lowest BCUT2D eigenvalue weighted by atomic mass is 9.86. The van der Waals surface area contributed by atoms with Crippen molar-refractivity contribution in [2.24, 2.45) is 0 Å². The van der Waals surface area contributed by atoms with Gasteiger partial charge in [0.25, 0.3) is 10.0 Å². The average molecular weight is 612 g/mol. The van der Waals surface area contributed by atoms with E-state index in [-0.39, 0.29) is 23.2 Å². The Bertz CT molecular complexity index is 1780. The lowest BCUT2D eigenvalue weighted by Gasteiger charge is -2.35. The van der Waals surface area contributed by atoms with Gasteiger partial charge >= 0.3 is 0 Å². The van der Waals surface area contributed by atoms with Gasteiger partial charge in [0.05, 0.1) is 22.3 Å². The number of piperidine rings is 1. The van der Waals surface area contributed by atoms with Crippen LogP contribution in [0.15, 0.2) is 71.9 Å². The van der Waals surface area contributed by atoms with Gasteiger partial charge in [0.1, 0.15) is 6.04 Å². The molecule has 1 amide bonds. The van der Waals surface area contributed by atoms with Crippen molar-refractivity contribution in [3.05, 3.63) is 94.9 Å². The van der Waals surface area contributed by atoms with Gasteiger partial charge in [-0.25, -0.2) is 22.4 Å². The highest BCUT2D eigenvalue weighted by Crippen LogP contribution is 2.36. The summed E-state index contributed by atoms with van der Waals surface area (Å²) in [5.41, 5.74) is 5.81. The SMILES string of the molecule is Cc1ccc(S(=O)(=O)N2c3ncccc3NC(=O)[C@H]2Cc2cn([C@@H]3CCCc4cc(CN5CCCCC5)ccc43)nn2)cc1. The maximum atomic E-state index is 14.0. The smallest absolute Gasteiger partial charge is 0.266 e. The Morgan fingerprint density at radius 3 is 2.64 bits per heavy atom. The summed E-state index contributed by atoms with van der Waals surface area (Å²) in [5, 5.41) is 11.8. The van der Waals surface area contributed by atoms with Gasteiger partial charge in [-0.15, -0.1) is 5.10 Å². The van der Waals surface area contributed by atoms with Gasteiger partial charge in [0.15, 0.2) is 5.82 Å². The van der Waals surface area contributed by atoms with E-state index in [1.165, 1.54) is 55.2 Å². The third kappa shape index (κ3) is 5.50. The Hall–Kier alpha value is -4.09. The number of likely N-dealkylation sites (tertiary alicyclic amines) is 1. The standard InChI is InChI=1S/C33H37N7O3S/c1-23-10-13-27(14-11-23)44(42,43)40-31(33(41)35-29-8-6-16-34-32(29)40)20-26-22-39(37-36-26)30-9-5-7-25-19-24(12-15-28(25)30)21-38-17-3-2-4-18-38/h6,8,10-16,19,22,30-31H,2-5,7,9,17-18,20-21H2,1H3,(H,35,41)/t30-,31-/m1/s1. The molecule has 0 unspecified atom stereocenters. The highest BCUT2D eigenvalue weighted by Gasteiger charge is 2.42. The molecule has 10 nitrogen and oxygen atoms in total. The second-order valence-electron chi connectivity index (χ2n) is 12.2. The van der Waals surface area contributed by atoms with Crippen molar-refractivity contribution in [3.63, 3.8) is 0 Å². The van der Waals surface area contributed by atoms with E-state index >= 15 is 0 Å². The van der Waals surface area contributed by atoms with Crippen molar-refractivity contribution in [1.82, 2.24) is 24.9 Å². The van der Waals surface area contributed by atoms with E-state index in [2.05, 4.69) is 43.7 Å². The molecule has 0 saturated carbocycles. The van der Waals surface area contributed by atoms with E-state index in [0.29, 0.717) is 11.4 Å². The number of hydrogen-bond donors (Lipinski definition) is 1. The number of pyridine rings is 1. The van der Waals surface area contributed by atoms with Crippen LogP contribution in [0.4, 0.5) is 11.5 Å². The average Bonchev–Trinajstić information content (AvgIpc) is 3.50. The summed E-state index contributed by atoms with van der Waals surface area (Å²) in [6.45, 7) is 5.24.